The summed E-state index contributed by atoms with van der Waals surface area (Å²) in [5.41, 5.74) is 3.53. The first-order valence-corrected chi connectivity index (χ1v) is 5.66. The molecule has 1 aliphatic rings. The predicted octanol–water partition coefficient (Wildman–Crippen LogP) is 2.89. The summed E-state index contributed by atoms with van der Waals surface area (Å²) in [4.78, 5) is 13.0. The molecule has 0 aliphatic carbocycles. The van der Waals surface area contributed by atoms with Crippen molar-refractivity contribution in [3.8, 4) is 0 Å². The number of fused-ring (bicyclic) bond motifs is 1. The molecule has 0 atom stereocenters. The Kier molecular flexibility index (Phi) is 2.58. The van der Waals surface area contributed by atoms with Crippen LogP contribution in [-0.2, 0) is 10.2 Å². The first-order valence-electron chi connectivity index (χ1n) is 5.66. The Labute approximate surface area is 96.6 Å². The Hall–Kier alpha value is -1.57. The maximum atomic E-state index is 10.8. The maximum absolute atomic E-state index is 10.8. The second kappa shape index (κ2) is 3.78. The summed E-state index contributed by atoms with van der Waals surface area (Å²) in [6.07, 6.45) is 2.56. The largest absolute Gasteiger partial charge is 0.344 e. The lowest BCUT2D eigenvalue weighted by Crippen LogP contribution is -2.26. The summed E-state index contributed by atoms with van der Waals surface area (Å²) < 4.78 is 0. The number of aldehydes is 1. The Bertz CT molecular complexity index is 446. The SMILES string of the molecule is CCN1/C(=C/C=O)C(C)(C)c2ccccc21. The number of hydrogen-bond acceptors (Lipinski definition) is 2. The average Bonchev–Trinajstić information content (AvgIpc) is 2.49. The number of likely N-dealkylation sites (N-methyl/N-ethyl adjacent to an activating group) is 1. The summed E-state index contributed by atoms with van der Waals surface area (Å²) in [7, 11) is 0. The molecule has 0 radical (unpaired) electrons. The molecule has 0 spiro atoms. The number of allylic oxidation sites excluding steroid dienone is 2. The van der Waals surface area contributed by atoms with E-state index in [1.165, 1.54) is 11.3 Å². The van der Waals surface area contributed by atoms with Crippen molar-refractivity contribution >= 4 is 12.0 Å². The summed E-state index contributed by atoms with van der Waals surface area (Å²) in [6, 6.07) is 8.36. The number of carbonyl (C=O) groups excluding carboxylic acids is 1. The van der Waals surface area contributed by atoms with Gasteiger partial charge in [0.05, 0.1) is 0 Å². The van der Waals surface area contributed by atoms with Gasteiger partial charge in [0.2, 0.25) is 0 Å². The molecule has 2 heteroatoms. The fraction of sp³-hybridized carbons (Fsp3) is 0.357. The summed E-state index contributed by atoms with van der Waals surface area (Å²) in [6.45, 7) is 7.32. The molecule has 0 bridgehead atoms. The van der Waals surface area contributed by atoms with Gasteiger partial charge >= 0.3 is 0 Å². The van der Waals surface area contributed by atoms with Crippen LogP contribution in [0, 0.1) is 0 Å². The smallest absolute Gasteiger partial charge is 0.144 e. The Morgan fingerprint density at radius 1 is 1.31 bits per heavy atom. The molecule has 0 amide bonds. The van der Waals surface area contributed by atoms with E-state index in [0.717, 1.165) is 18.5 Å². The van der Waals surface area contributed by atoms with Crippen LogP contribution in [0.2, 0.25) is 0 Å². The third kappa shape index (κ3) is 1.37. The van der Waals surface area contributed by atoms with Crippen molar-refractivity contribution in [2.75, 3.05) is 11.4 Å². The lowest BCUT2D eigenvalue weighted by atomic mass is 9.84. The second-order valence-corrected chi connectivity index (χ2v) is 4.57. The highest BCUT2D eigenvalue weighted by Gasteiger charge is 2.38. The molecule has 0 unspecified atom stereocenters. The lowest BCUT2D eigenvalue weighted by Gasteiger charge is -2.25. The Balaban J connectivity index is 2.64. The van der Waals surface area contributed by atoms with Crippen molar-refractivity contribution in [3.63, 3.8) is 0 Å². The van der Waals surface area contributed by atoms with E-state index >= 15 is 0 Å². The first kappa shape index (κ1) is 10.9. The first-order chi connectivity index (χ1) is 7.62. The topological polar surface area (TPSA) is 20.3 Å². The zero-order valence-electron chi connectivity index (χ0n) is 10.0. The van der Waals surface area contributed by atoms with E-state index < -0.39 is 0 Å². The number of anilines is 1. The van der Waals surface area contributed by atoms with Gasteiger partial charge in [-0.15, -0.1) is 0 Å². The summed E-state index contributed by atoms with van der Waals surface area (Å²) in [5.74, 6) is 0. The molecule has 0 N–H and O–H groups in total. The van der Waals surface area contributed by atoms with Crippen LogP contribution in [0.3, 0.4) is 0 Å². The standard InChI is InChI=1S/C14H17NO/c1-4-15-12-8-6-5-7-11(12)14(2,3)13(15)9-10-16/h5-10H,4H2,1-3H3/b13-9+. The summed E-state index contributed by atoms with van der Waals surface area (Å²) >= 11 is 0. The molecule has 2 nitrogen and oxygen atoms in total. The van der Waals surface area contributed by atoms with Crippen LogP contribution in [0.25, 0.3) is 0 Å². The quantitative estimate of drug-likeness (QED) is 0.558. The molecule has 16 heavy (non-hydrogen) atoms. The van der Waals surface area contributed by atoms with Crippen molar-refractivity contribution in [1.29, 1.82) is 0 Å². The van der Waals surface area contributed by atoms with Gasteiger partial charge in [-0.1, -0.05) is 32.0 Å². The van der Waals surface area contributed by atoms with Gasteiger partial charge in [0, 0.05) is 23.3 Å². The van der Waals surface area contributed by atoms with Gasteiger partial charge in [-0.3, -0.25) is 4.79 Å². The molecule has 2 rings (SSSR count). The van der Waals surface area contributed by atoms with Crippen LogP contribution < -0.4 is 4.90 Å². The van der Waals surface area contributed by atoms with Crippen LogP contribution in [0.4, 0.5) is 5.69 Å². The number of nitrogens with zero attached hydrogens (tertiary/aromatic N) is 1. The van der Waals surface area contributed by atoms with Crippen molar-refractivity contribution in [3.05, 3.63) is 41.6 Å². The molecule has 1 heterocycles. The number of para-hydroxylation sites is 1. The van der Waals surface area contributed by atoms with Crippen LogP contribution in [0.5, 0.6) is 0 Å². The van der Waals surface area contributed by atoms with Gasteiger partial charge < -0.3 is 4.90 Å². The van der Waals surface area contributed by atoms with E-state index in [0.29, 0.717) is 0 Å². The van der Waals surface area contributed by atoms with Gasteiger partial charge in [0.15, 0.2) is 0 Å². The number of hydrogen-bond donors (Lipinski definition) is 0. The van der Waals surface area contributed by atoms with Crippen molar-refractivity contribution in [1.82, 2.24) is 0 Å². The van der Waals surface area contributed by atoms with E-state index in [4.69, 9.17) is 0 Å². The number of benzene rings is 1. The van der Waals surface area contributed by atoms with Crippen LogP contribution in [0.1, 0.15) is 26.3 Å². The molecule has 1 aromatic carbocycles. The molecule has 0 saturated carbocycles. The molecule has 84 valence electrons. The average molecular weight is 215 g/mol. The van der Waals surface area contributed by atoms with Gasteiger partial charge in [-0.25, -0.2) is 0 Å². The minimum absolute atomic E-state index is 0.0759. The van der Waals surface area contributed by atoms with Gasteiger partial charge in [0.1, 0.15) is 6.29 Å². The monoisotopic (exact) mass is 215 g/mol. The number of rotatable bonds is 2. The zero-order chi connectivity index (χ0) is 11.8. The molecular weight excluding hydrogens is 198 g/mol. The lowest BCUT2D eigenvalue weighted by molar-refractivity contribution is -0.104. The van der Waals surface area contributed by atoms with E-state index in [-0.39, 0.29) is 5.41 Å². The fourth-order valence-electron chi connectivity index (χ4n) is 2.55. The fourth-order valence-corrected chi connectivity index (χ4v) is 2.55. The van der Waals surface area contributed by atoms with Crippen LogP contribution in [0.15, 0.2) is 36.0 Å². The van der Waals surface area contributed by atoms with Crippen molar-refractivity contribution in [2.45, 2.75) is 26.2 Å². The molecule has 0 saturated heterocycles. The molecule has 1 aromatic rings. The van der Waals surface area contributed by atoms with Gasteiger partial charge in [0.25, 0.3) is 0 Å². The molecule has 0 aromatic heterocycles. The summed E-state index contributed by atoms with van der Waals surface area (Å²) in [5, 5.41) is 0. The highest BCUT2D eigenvalue weighted by molar-refractivity contribution is 5.76. The highest BCUT2D eigenvalue weighted by Crippen LogP contribution is 2.46. The number of carbonyl (C=O) groups is 1. The maximum Gasteiger partial charge on any atom is 0.144 e. The van der Waals surface area contributed by atoms with Crippen LogP contribution in [-0.4, -0.2) is 12.8 Å². The van der Waals surface area contributed by atoms with Crippen molar-refractivity contribution < 1.29 is 4.79 Å². The predicted molar refractivity (Wildman–Crippen MR) is 66.6 cm³/mol. The highest BCUT2D eigenvalue weighted by atomic mass is 16.1. The normalized spacial score (nSPS) is 19.9. The third-order valence-corrected chi connectivity index (χ3v) is 3.34. The molecule has 0 fully saturated rings. The van der Waals surface area contributed by atoms with E-state index in [1.807, 2.05) is 6.07 Å². The van der Waals surface area contributed by atoms with Crippen molar-refractivity contribution in [2.24, 2.45) is 0 Å². The molecule has 1 aliphatic heterocycles. The van der Waals surface area contributed by atoms with E-state index in [9.17, 15) is 4.79 Å². The molecular formula is C14H17NO. The minimum atomic E-state index is -0.0759. The third-order valence-electron chi connectivity index (χ3n) is 3.34. The van der Waals surface area contributed by atoms with Gasteiger partial charge in [-0.05, 0) is 24.6 Å². The Morgan fingerprint density at radius 2 is 2.00 bits per heavy atom. The second-order valence-electron chi connectivity index (χ2n) is 4.57. The Morgan fingerprint density at radius 3 is 2.62 bits per heavy atom. The van der Waals surface area contributed by atoms with E-state index in [2.05, 4.69) is 43.9 Å². The van der Waals surface area contributed by atoms with Crippen LogP contribution >= 0.6 is 0 Å². The zero-order valence-corrected chi connectivity index (χ0v) is 10.0. The van der Waals surface area contributed by atoms with E-state index in [1.54, 1.807) is 6.08 Å². The minimum Gasteiger partial charge on any atom is -0.344 e. The van der Waals surface area contributed by atoms with Gasteiger partial charge in [-0.2, -0.15) is 0 Å².